The van der Waals surface area contributed by atoms with E-state index in [1.165, 1.54) is 32.9 Å². The van der Waals surface area contributed by atoms with Gasteiger partial charge in [-0.1, -0.05) is 84.0 Å². The van der Waals surface area contributed by atoms with Crippen LogP contribution in [0.5, 0.6) is 0 Å². The van der Waals surface area contributed by atoms with Gasteiger partial charge in [0.05, 0.1) is 11.2 Å². The number of fused-ring (bicyclic) bond motifs is 2. The molecule has 0 spiro atoms. The molecule has 2 aromatic heterocycles. The SMILES string of the molecule is CC(C)(C)c1cncc2ccccc12.Cn1nc(C(C)(C)C)c2ccccc21. The van der Waals surface area contributed by atoms with Crippen LogP contribution < -0.4 is 0 Å². The molecule has 0 saturated carbocycles. The zero-order chi connectivity index (χ0) is 20.5. The van der Waals surface area contributed by atoms with Gasteiger partial charge in [-0.2, -0.15) is 5.10 Å². The van der Waals surface area contributed by atoms with E-state index in [0.29, 0.717) is 0 Å². The van der Waals surface area contributed by atoms with Crippen LogP contribution in [-0.2, 0) is 17.9 Å². The highest BCUT2D eigenvalue weighted by atomic mass is 15.3. The van der Waals surface area contributed by atoms with Crippen LogP contribution in [0.3, 0.4) is 0 Å². The summed E-state index contributed by atoms with van der Waals surface area (Å²) in [6, 6.07) is 16.8. The summed E-state index contributed by atoms with van der Waals surface area (Å²) in [5.41, 5.74) is 3.97. The van der Waals surface area contributed by atoms with Gasteiger partial charge in [-0.15, -0.1) is 0 Å². The van der Waals surface area contributed by atoms with Crippen molar-refractivity contribution in [3.8, 4) is 0 Å². The standard InChI is InChI=1S/C13H15N.C12H16N2/c1-13(2,3)12-9-14-8-10-6-4-5-7-11(10)12;1-12(2,3)11-9-7-5-6-8-10(9)14(4)13-11/h4-9H,1-3H3;5-8H,1-4H3. The summed E-state index contributed by atoms with van der Waals surface area (Å²) in [7, 11) is 2.00. The first-order valence-corrected chi connectivity index (χ1v) is 9.84. The number of rotatable bonds is 0. The Hall–Kier alpha value is -2.68. The average Bonchev–Trinajstić information content (AvgIpc) is 2.99. The second-order valence-corrected chi connectivity index (χ2v) is 9.40. The summed E-state index contributed by atoms with van der Waals surface area (Å²) in [6.45, 7) is 13.2. The van der Waals surface area contributed by atoms with Crippen molar-refractivity contribution in [3.63, 3.8) is 0 Å². The molecule has 3 nitrogen and oxygen atoms in total. The van der Waals surface area contributed by atoms with Gasteiger partial charge in [0.25, 0.3) is 0 Å². The normalized spacial score (nSPS) is 12.1. The van der Waals surface area contributed by atoms with Crippen LogP contribution in [0, 0.1) is 0 Å². The molecule has 0 atom stereocenters. The van der Waals surface area contributed by atoms with Crippen LogP contribution in [0.25, 0.3) is 21.7 Å². The first kappa shape index (κ1) is 20.1. The van der Waals surface area contributed by atoms with Crippen LogP contribution in [0.15, 0.2) is 60.9 Å². The molecule has 3 heteroatoms. The molecular formula is C25H31N3. The van der Waals surface area contributed by atoms with Gasteiger partial charge in [0.2, 0.25) is 0 Å². The van der Waals surface area contributed by atoms with Gasteiger partial charge in [0.1, 0.15) is 0 Å². The lowest BCUT2D eigenvalue weighted by atomic mass is 9.85. The van der Waals surface area contributed by atoms with Crippen LogP contribution in [0.1, 0.15) is 52.8 Å². The molecule has 0 aliphatic rings. The van der Waals surface area contributed by atoms with Gasteiger partial charge < -0.3 is 0 Å². The summed E-state index contributed by atoms with van der Waals surface area (Å²) in [5, 5.41) is 8.38. The Morgan fingerprint density at radius 3 is 1.96 bits per heavy atom. The Labute approximate surface area is 168 Å². The minimum atomic E-state index is 0.112. The van der Waals surface area contributed by atoms with Crippen LogP contribution in [0.2, 0.25) is 0 Å². The molecule has 0 N–H and O–H groups in total. The molecule has 4 rings (SSSR count). The molecule has 28 heavy (non-hydrogen) atoms. The van der Waals surface area contributed by atoms with E-state index in [9.17, 15) is 0 Å². The highest BCUT2D eigenvalue weighted by Gasteiger charge is 2.21. The topological polar surface area (TPSA) is 30.7 Å². The zero-order valence-corrected chi connectivity index (χ0v) is 18.1. The monoisotopic (exact) mass is 373 g/mol. The van der Waals surface area contributed by atoms with Gasteiger partial charge in [0.15, 0.2) is 0 Å². The van der Waals surface area contributed by atoms with Crippen LogP contribution in [0.4, 0.5) is 0 Å². The Morgan fingerprint density at radius 1 is 0.714 bits per heavy atom. The molecule has 0 aliphatic heterocycles. The number of aromatic nitrogens is 3. The number of pyridine rings is 1. The molecule has 2 aromatic carbocycles. The fourth-order valence-electron chi connectivity index (χ4n) is 3.48. The van der Waals surface area contributed by atoms with E-state index >= 15 is 0 Å². The number of benzene rings is 2. The average molecular weight is 374 g/mol. The summed E-state index contributed by atoms with van der Waals surface area (Å²) < 4.78 is 1.95. The minimum Gasteiger partial charge on any atom is -0.268 e. The van der Waals surface area contributed by atoms with Crippen molar-refractivity contribution in [1.82, 2.24) is 14.8 Å². The molecule has 0 aliphatic carbocycles. The van der Waals surface area contributed by atoms with E-state index < -0.39 is 0 Å². The van der Waals surface area contributed by atoms with Crippen molar-refractivity contribution in [3.05, 3.63) is 72.2 Å². The maximum atomic E-state index is 4.58. The molecule has 0 unspecified atom stereocenters. The van der Waals surface area contributed by atoms with E-state index in [1.807, 2.05) is 24.1 Å². The third kappa shape index (κ3) is 4.09. The van der Waals surface area contributed by atoms with Gasteiger partial charge in [-0.05, 0) is 22.4 Å². The lowest BCUT2D eigenvalue weighted by Crippen LogP contribution is -2.12. The molecule has 0 radical (unpaired) electrons. The van der Waals surface area contributed by atoms with Gasteiger partial charge in [0, 0.05) is 35.6 Å². The third-order valence-corrected chi connectivity index (χ3v) is 4.94. The Bertz CT molecular complexity index is 1090. The van der Waals surface area contributed by atoms with E-state index in [0.717, 1.165) is 0 Å². The smallest absolute Gasteiger partial charge is 0.0756 e. The van der Waals surface area contributed by atoms with E-state index in [2.05, 4.69) is 100 Å². The number of para-hydroxylation sites is 1. The van der Waals surface area contributed by atoms with E-state index in [4.69, 9.17) is 0 Å². The van der Waals surface area contributed by atoms with Crippen molar-refractivity contribution < 1.29 is 0 Å². The largest absolute Gasteiger partial charge is 0.268 e. The molecule has 4 aromatic rings. The Balaban J connectivity index is 0.000000161. The minimum absolute atomic E-state index is 0.112. The zero-order valence-electron chi connectivity index (χ0n) is 18.1. The number of hydrogen-bond donors (Lipinski definition) is 0. The third-order valence-electron chi connectivity index (χ3n) is 4.94. The number of nitrogens with zero attached hydrogens (tertiary/aromatic N) is 3. The summed E-state index contributed by atoms with van der Waals surface area (Å²) in [6.07, 6.45) is 3.90. The maximum absolute atomic E-state index is 4.58. The molecule has 0 saturated heterocycles. The molecule has 0 bridgehead atoms. The molecule has 2 heterocycles. The lowest BCUT2D eigenvalue weighted by molar-refractivity contribution is 0.558. The Morgan fingerprint density at radius 2 is 1.32 bits per heavy atom. The van der Waals surface area contributed by atoms with Crippen molar-refractivity contribution in [2.24, 2.45) is 7.05 Å². The maximum Gasteiger partial charge on any atom is 0.0756 e. The predicted molar refractivity (Wildman–Crippen MR) is 120 cm³/mol. The molecule has 0 amide bonds. The molecule has 146 valence electrons. The highest BCUT2D eigenvalue weighted by Crippen LogP contribution is 2.29. The lowest BCUT2D eigenvalue weighted by Gasteiger charge is -2.20. The van der Waals surface area contributed by atoms with Crippen molar-refractivity contribution >= 4 is 21.7 Å². The quantitative estimate of drug-likeness (QED) is 0.357. The predicted octanol–water partition coefficient (Wildman–Crippen LogP) is 6.40. The first-order chi connectivity index (χ1) is 13.1. The molecule has 0 fully saturated rings. The van der Waals surface area contributed by atoms with E-state index in [-0.39, 0.29) is 10.8 Å². The summed E-state index contributed by atoms with van der Waals surface area (Å²) in [5.74, 6) is 0. The van der Waals surface area contributed by atoms with Crippen LogP contribution >= 0.6 is 0 Å². The number of aryl methyl sites for hydroxylation is 1. The summed E-state index contributed by atoms with van der Waals surface area (Å²) in [4.78, 5) is 4.28. The van der Waals surface area contributed by atoms with E-state index in [1.54, 1.807) is 0 Å². The van der Waals surface area contributed by atoms with Crippen molar-refractivity contribution in [2.75, 3.05) is 0 Å². The highest BCUT2D eigenvalue weighted by molar-refractivity contribution is 5.85. The van der Waals surface area contributed by atoms with Crippen molar-refractivity contribution in [2.45, 2.75) is 52.4 Å². The summed E-state index contributed by atoms with van der Waals surface area (Å²) >= 11 is 0. The van der Waals surface area contributed by atoms with Crippen molar-refractivity contribution in [1.29, 1.82) is 0 Å². The fourth-order valence-corrected chi connectivity index (χ4v) is 3.48. The second kappa shape index (κ2) is 7.38. The first-order valence-electron chi connectivity index (χ1n) is 9.84. The Kier molecular flexibility index (Phi) is 5.29. The van der Waals surface area contributed by atoms with Gasteiger partial charge in [-0.3, -0.25) is 9.67 Å². The van der Waals surface area contributed by atoms with Crippen LogP contribution in [-0.4, -0.2) is 14.8 Å². The number of hydrogen-bond acceptors (Lipinski definition) is 2. The van der Waals surface area contributed by atoms with Gasteiger partial charge in [-0.25, -0.2) is 0 Å². The molecular weight excluding hydrogens is 342 g/mol. The van der Waals surface area contributed by atoms with Gasteiger partial charge >= 0.3 is 0 Å². The fraction of sp³-hybridized carbons (Fsp3) is 0.360. The second-order valence-electron chi connectivity index (χ2n) is 9.40.